The molecule has 0 bridgehead atoms. The molecule has 1 fully saturated rings. The van der Waals surface area contributed by atoms with E-state index in [9.17, 15) is 21.2 Å². The summed E-state index contributed by atoms with van der Waals surface area (Å²) in [6.45, 7) is 3.00. The van der Waals surface area contributed by atoms with Crippen molar-refractivity contribution in [1.82, 2.24) is 8.61 Å². The second kappa shape index (κ2) is 7.46. The fraction of sp³-hybridized carbons (Fsp3) is 0.400. The van der Waals surface area contributed by atoms with Crippen molar-refractivity contribution in [2.75, 3.05) is 19.6 Å². The van der Waals surface area contributed by atoms with E-state index in [1.807, 2.05) is 0 Å². The zero-order valence-electron chi connectivity index (χ0n) is 16.1. The lowest BCUT2D eigenvalue weighted by molar-refractivity contribution is 0.325. The van der Waals surface area contributed by atoms with E-state index in [4.69, 9.17) is 0 Å². The predicted molar refractivity (Wildman–Crippen MR) is 107 cm³/mol. The van der Waals surface area contributed by atoms with E-state index in [2.05, 4.69) is 0 Å². The van der Waals surface area contributed by atoms with Crippen LogP contribution in [0.5, 0.6) is 0 Å². The number of hydrogen-bond donors (Lipinski definition) is 0. The van der Waals surface area contributed by atoms with Crippen molar-refractivity contribution >= 4 is 20.0 Å². The van der Waals surface area contributed by atoms with E-state index in [0.29, 0.717) is 25.1 Å². The van der Waals surface area contributed by atoms with Gasteiger partial charge >= 0.3 is 0 Å². The maximum absolute atomic E-state index is 13.7. The normalized spacial score (nSPS) is 21.2. The van der Waals surface area contributed by atoms with Gasteiger partial charge in [-0.05, 0) is 73.7 Å². The molecule has 4 rings (SSSR count). The lowest BCUT2D eigenvalue weighted by atomic mass is 9.95. The van der Waals surface area contributed by atoms with Crippen LogP contribution in [0.15, 0.2) is 52.3 Å². The summed E-state index contributed by atoms with van der Waals surface area (Å²) in [5, 5.41) is 0. The van der Waals surface area contributed by atoms with Crippen LogP contribution in [0.25, 0.3) is 0 Å². The number of nitrogens with zero attached hydrogens (tertiary/aromatic N) is 2. The fourth-order valence-electron chi connectivity index (χ4n) is 4.09. The first-order chi connectivity index (χ1) is 13.7. The topological polar surface area (TPSA) is 74.8 Å². The minimum Gasteiger partial charge on any atom is -0.207 e. The first-order valence-corrected chi connectivity index (χ1v) is 12.5. The van der Waals surface area contributed by atoms with E-state index in [-0.39, 0.29) is 16.3 Å². The van der Waals surface area contributed by atoms with Crippen LogP contribution in [0.3, 0.4) is 0 Å². The summed E-state index contributed by atoms with van der Waals surface area (Å²) >= 11 is 0. The van der Waals surface area contributed by atoms with E-state index in [1.54, 1.807) is 13.0 Å². The molecule has 6 nitrogen and oxygen atoms in total. The Kier molecular flexibility index (Phi) is 5.27. The molecule has 2 aliphatic rings. The van der Waals surface area contributed by atoms with Gasteiger partial charge < -0.3 is 0 Å². The van der Waals surface area contributed by atoms with Crippen LogP contribution in [0.4, 0.5) is 4.39 Å². The van der Waals surface area contributed by atoms with Crippen molar-refractivity contribution in [2.45, 2.75) is 42.0 Å². The van der Waals surface area contributed by atoms with E-state index in [0.717, 1.165) is 18.4 Å². The molecule has 0 saturated carbocycles. The van der Waals surface area contributed by atoms with Gasteiger partial charge in [-0.3, -0.25) is 0 Å². The molecule has 0 amide bonds. The summed E-state index contributed by atoms with van der Waals surface area (Å²) in [7, 11) is -7.44. The van der Waals surface area contributed by atoms with Crippen LogP contribution in [-0.2, 0) is 26.5 Å². The highest BCUT2D eigenvalue weighted by atomic mass is 32.2. The van der Waals surface area contributed by atoms with Crippen LogP contribution in [-0.4, -0.2) is 45.1 Å². The van der Waals surface area contributed by atoms with Gasteiger partial charge in [0.2, 0.25) is 20.0 Å². The van der Waals surface area contributed by atoms with Gasteiger partial charge in [0, 0.05) is 25.7 Å². The Balaban J connectivity index is 1.63. The van der Waals surface area contributed by atoms with Crippen LogP contribution in [0.2, 0.25) is 0 Å². The smallest absolute Gasteiger partial charge is 0.207 e. The van der Waals surface area contributed by atoms with Gasteiger partial charge in [0.1, 0.15) is 5.82 Å². The summed E-state index contributed by atoms with van der Waals surface area (Å²) in [6.07, 6.45) is 2.17. The van der Waals surface area contributed by atoms with Crippen LogP contribution < -0.4 is 0 Å². The number of benzene rings is 2. The molecule has 2 aromatic rings. The molecule has 29 heavy (non-hydrogen) atoms. The van der Waals surface area contributed by atoms with Gasteiger partial charge in [-0.2, -0.15) is 8.61 Å². The molecule has 2 heterocycles. The Morgan fingerprint density at radius 2 is 1.45 bits per heavy atom. The van der Waals surface area contributed by atoms with E-state index < -0.39 is 31.9 Å². The molecule has 2 aromatic carbocycles. The minimum absolute atomic E-state index is 0.0320. The summed E-state index contributed by atoms with van der Waals surface area (Å²) < 4.78 is 68.1. The first kappa shape index (κ1) is 20.5. The molecule has 0 spiro atoms. The Morgan fingerprint density at radius 3 is 2.07 bits per heavy atom. The summed E-state index contributed by atoms with van der Waals surface area (Å²) in [6, 6.07) is 9.34. The number of hydrogen-bond acceptors (Lipinski definition) is 4. The van der Waals surface area contributed by atoms with Crippen molar-refractivity contribution in [3.63, 3.8) is 0 Å². The Hall–Kier alpha value is -1.81. The second-order valence-corrected chi connectivity index (χ2v) is 11.3. The monoisotopic (exact) mass is 438 g/mol. The van der Waals surface area contributed by atoms with Crippen LogP contribution in [0, 0.1) is 5.82 Å². The van der Waals surface area contributed by atoms with Gasteiger partial charge in [-0.1, -0.05) is 6.07 Å². The highest BCUT2D eigenvalue weighted by Crippen LogP contribution is 2.34. The van der Waals surface area contributed by atoms with Gasteiger partial charge in [0.25, 0.3) is 0 Å². The number of rotatable bonds is 4. The van der Waals surface area contributed by atoms with Crippen LogP contribution in [0.1, 0.15) is 36.9 Å². The lowest BCUT2D eigenvalue weighted by Gasteiger charge is -2.34. The van der Waals surface area contributed by atoms with E-state index >= 15 is 0 Å². The van der Waals surface area contributed by atoms with Gasteiger partial charge in [-0.15, -0.1) is 0 Å². The van der Waals surface area contributed by atoms with E-state index in [1.165, 1.54) is 45.0 Å². The number of sulfonamides is 2. The molecule has 9 heteroatoms. The maximum Gasteiger partial charge on any atom is 0.243 e. The highest BCUT2D eigenvalue weighted by molar-refractivity contribution is 7.89. The Bertz CT molecular complexity index is 1130. The third-order valence-electron chi connectivity index (χ3n) is 5.72. The van der Waals surface area contributed by atoms with Crippen molar-refractivity contribution in [3.05, 3.63) is 59.4 Å². The predicted octanol–water partition coefficient (Wildman–Crippen LogP) is 2.92. The average molecular weight is 439 g/mol. The van der Waals surface area contributed by atoms with Gasteiger partial charge in [0.05, 0.1) is 9.79 Å². The molecule has 1 saturated heterocycles. The molecule has 1 unspecified atom stereocenters. The summed E-state index contributed by atoms with van der Waals surface area (Å²) in [4.78, 5) is 0.127. The molecule has 2 aliphatic heterocycles. The quantitative estimate of drug-likeness (QED) is 0.736. The molecular weight excluding hydrogens is 415 g/mol. The standard InChI is InChI=1S/C20H23FN2O4S2/c1-15-20-14-17(21)5-4-16(20)10-13-23(15)29(26,27)19-8-6-18(7-9-19)28(24,25)22-11-2-3-12-22/h4-9,14-15H,2-3,10-13H2,1H3. The molecule has 1 atom stereocenters. The second-order valence-electron chi connectivity index (χ2n) is 7.47. The highest BCUT2D eigenvalue weighted by Gasteiger charge is 2.34. The molecular formula is C20H23FN2O4S2. The number of fused-ring (bicyclic) bond motifs is 1. The van der Waals surface area contributed by atoms with Crippen molar-refractivity contribution in [2.24, 2.45) is 0 Å². The van der Waals surface area contributed by atoms with Gasteiger partial charge in [0.15, 0.2) is 0 Å². The zero-order valence-corrected chi connectivity index (χ0v) is 17.7. The molecule has 0 radical (unpaired) electrons. The third-order valence-corrected chi connectivity index (χ3v) is 9.62. The van der Waals surface area contributed by atoms with Crippen molar-refractivity contribution < 1.29 is 21.2 Å². The van der Waals surface area contributed by atoms with Gasteiger partial charge in [-0.25, -0.2) is 21.2 Å². The summed E-state index contributed by atoms with van der Waals surface area (Å²) in [5.74, 6) is -0.397. The largest absolute Gasteiger partial charge is 0.243 e. The SMILES string of the molecule is CC1c2cc(F)ccc2CCN1S(=O)(=O)c1ccc(S(=O)(=O)N2CCCC2)cc1. The molecule has 156 valence electrons. The van der Waals surface area contributed by atoms with Crippen LogP contribution >= 0.6 is 0 Å². The fourth-order valence-corrected chi connectivity index (χ4v) is 7.22. The lowest BCUT2D eigenvalue weighted by Crippen LogP contribution is -2.38. The molecule has 0 aromatic heterocycles. The minimum atomic E-state index is -3.85. The zero-order chi connectivity index (χ0) is 20.8. The van der Waals surface area contributed by atoms with Crippen molar-refractivity contribution in [1.29, 1.82) is 0 Å². The average Bonchev–Trinajstić information content (AvgIpc) is 3.24. The third kappa shape index (κ3) is 3.61. The molecule has 0 N–H and O–H groups in total. The number of halogens is 1. The molecule has 0 aliphatic carbocycles. The Morgan fingerprint density at radius 1 is 0.862 bits per heavy atom. The first-order valence-electron chi connectivity index (χ1n) is 9.61. The summed E-state index contributed by atoms with van der Waals surface area (Å²) in [5.41, 5.74) is 1.60. The maximum atomic E-state index is 13.7. The Labute approximate surface area is 171 Å². The van der Waals surface area contributed by atoms with Crippen molar-refractivity contribution in [3.8, 4) is 0 Å².